The number of anilines is 2. The van der Waals surface area contributed by atoms with Crippen molar-refractivity contribution < 1.29 is 13.2 Å². The van der Waals surface area contributed by atoms with E-state index in [1.165, 1.54) is 25.7 Å². The lowest BCUT2D eigenvalue weighted by Gasteiger charge is -2.58. The highest BCUT2D eigenvalue weighted by Crippen LogP contribution is 2.53. The summed E-state index contributed by atoms with van der Waals surface area (Å²) in [5.74, 6) is 0.414. The lowest BCUT2D eigenvalue weighted by Crippen LogP contribution is -2.68. The second kappa shape index (κ2) is 6.93. The minimum Gasteiger partial charge on any atom is -0.320 e. The third-order valence-corrected chi connectivity index (χ3v) is 6.36. The molecule has 1 aliphatic carbocycles. The zero-order valence-electron chi connectivity index (χ0n) is 15.4. The van der Waals surface area contributed by atoms with Gasteiger partial charge in [0, 0.05) is 23.7 Å². The van der Waals surface area contributed by atoms with Crippen LogP contribution in [0.15, 0.2) is 18.2 Å². The molecule has 1 aromatic rings. The van der Waals surface area contributed by atoms with Crippen LogP contribution in [0, 0.1) is 11.3 Å². The van der Waals surface area contributed by atoms with Crippen molar-refractivity contribution in [1.82, 2.24) is 4.90 Å². The highest BCUT2D eigenvalue weighted by atomic mass is 35.5. The smallest absolute Gasteiger partial charge is 0.320 e. The minimum absolute atomic E-state index is 0.124. The standard InChI is InChI=1S/C18H26ClN3O3S/c1-12(2)16-18(8-4-5-9-18)11-22(16)17(23)20-13-6-7-15(14(19)10-13)21-26(3,24)25/h6-7,10,12,16,21H,4-5,8-9,11H2,1-3H3,(H,20,23)/t16-/m1/s1. The van der Waals surface area contributed by atoms with Crippen LogP contribution in [0.25, 0.3) is 0 Å². The van der Waals surface area contributed by atoms with Crippen LogP contribution in [0.3, 0.4) is 0 Å². The minimum atomic E-state index is -3.40. The van der Waals surface area contributed by atoms with E-state index in [2.05, 4.69) is 23.9 Å². The lowest BCUT2D eigenvalue weighted by molar-refractivity contribution is -0.0578. The first-order chi connectivity index (χ1) is 12.1. The Morgan fingerprint density at radius 1 is 1.31 bits per heavy atom. The molecule has 144 valence electrons. The SMILES string of the molecule is CC(C)[C@H]1N(C(=O)Nc2ccc(NS(C)(=O)=O)c(Cl)c2)CC12CCCC2. The molecule has 8 heteroatoms. The van der Waals surface area contributed by atoms with Gasteiger partial charge in [0.25, 0.3) is 0 Å². The van der Waals surface area contributed by atoms with Gasteiger partial charge < -0.3 is 10.2 Å². The molecular formula is C18H26ClN3O3S. The first-order valence-corrected chi connectivity index (χ1v) is 11.2. The summed E-state index contributed by atoms with van der Waals surface area (Å²) in [4.78, 5) is 14.7. The molecular weight excluding hydrogens is 374 g/mol. The van der Waals surface area contributed by atoms with Gasteiger partial charge in [-0.2, -0.15) is 0 Å². The Labute approximate surface area is 160 Å². The van der Waals surface area contributed by atoms with Gasteiger partial charge in [-0.25, -0.2) is 13.2 Å². The Hall–Kier alpha value is -1.47. The molecule has 1 spiro atoms. The first kappa shape index (κ1) is 19.3. The fourth-order valence-electron chi connectivity index (χ4n) is 4.62. The zero-order chi connectivity index (χ0) is 19.1. The van der Waals surface area contributed by atoms with Gasteiger partial charge in [-0.05, 0) is 37.0 Å². The van der Waals surface area contributed by atoms with E-state index >= 15 is 0 Å². The van der Waals surface area contributed by atoms with Gasteiger partial charge in [-0.15, -0.1) is 0 Å². The third-order valence-electron chi connectivity index (χ3n) is 5.46. The van der Waals surface area contributed by atoms with Crippen LogP contribution in [0.4, 0.5) is 16.2 Å². The number of nitrogens with one attached hydrogen (secondary N) is 2. The van der Waals surface area contributed by atoms with E-state index in [1.54, 1.807) is 18.2 Å². The number of amides is 2. The summed E-state index contributed by atoms with van der Waals surface area (Å²) < 4.78 is 25.0. The second-order valence-electron chi connectivity index (χ2n) is 7.89. The van der Waals surface area contributed by atoms with E-state index in [-0.39, 0.29) is 17.1 Å². The molecule has 2 amide bonds. The number of hydrogen-bond acceptors (Lipinski definition) is 3. The van der Waals surface area contributed by atoms with Gasteiger partial charge in [0.1, 0.15) is 0 Å². The van der Waals surface area contributed by atoms with Crippen LogP contribution >= 0.6 is 11.6 Å². The Bertz CT molecular complexity index is 804. The number of hydrogen-bond donors (Lipinski definition) is 2. The van der Waals surface area contributed by atoms with Gasteiger partial charge >= 0.3 is 6.03 Å². The van der Waals surface area contributed by atoms with Crippen LogP contribution in [-0.2, 0) is 10.0 Å². The van der Waals surface area contributed by atoms with Crippen LogP contribution in [0.1, 0.15) is 39.5 Å². The van der Waals surface area contributed by atoms with Crippen LogP contribution in [-0.4, -0.2) is 38.2 Å². The number of nitrogens with zero attached hydrogens (tertiary/aromatic N) is 1. The second-order valence-corrected chi connectivity index (χ2v) is 10.0. The fourth-order valence-corrected chi connectivity index (χ4v) is 5.48. The average molecular weight is 400 g/mol. The number of rotatable bonds is 4. The molecule has 2 N–H and O–H groups in total. The molecule has 2 fully saturated rings. The topological polar surface area (TPSA) is 78.5 Å². The van der Waals surface area contributed by atoms with Crippen molar-refractivity contribution in [3.8, 4) is 0 Å². The summed E-state index contributed by atoms with van der Waals surface area (Å²) in [6, 6.07) is 4.90. The monoisotopic (exact) mass is 399 g/mol. The van der Waals surface area contributed by atoms with Crippen molar-refractivity contribution in [2.24, 2.45) is 11.3 Å². The predicted octanol–water partition coefficient (Wildman–Crippen LogP) is 4.14. The predicted molar refractivity (Wildman–Crippen MR) is 105 cm³/mol. The highest BCUT2D eigenvalue weighted by molar-refractivity contribution is 7.92. The van der Waals surface area contributed by atoms with Gasteiger partial charge in [-0.1, -0.05) is 38.3 Å². The third kappa shape index (κ3) is 3.78. The molecule has 6 nitrogen and oxygen atoms in total. The Kier molecular flexibility index (Phi) is 5.14. The summed E-state index contributed by atoms with van der Waals surface area (Å²) in [6.45, 7) is 5.16. The van der Waals surface area contributed by atoms with E-state index in [9.17, 15) is 13.2 Å². The maximum absolute atomic E-state index is 12.7. The molecule has 3 rings (SSSR count). The molecule has 1 saturated carbocycles. The van der Waals surface area contributed by atoms with Gasteiger partial charge in [-0.3, -0.25) is 4.72 Å². The van der Waals surface area contributed by atoms with Crippen molar-refractivity contribution in [3.63, 3.8) is 0 Å². The number of benzene rings is 1. The molecule has 26 heavy (non-hydrogen) atoms. The van der Waals surface area contributed by atoms with E-state index < -0.39 is 10.0 Å². The zero-order valence-corrected chi connectivity index (χ0v) is 17.0. The maximum atomic E-state index is 12.7. The number of urea groups is 1. The number of likely N-dealkylation sites (tertiary alicyclic amines) is 1. The van der Waals surface area contributed by atoms with Gasteiger partial charge in [0.15, 0.2) is 0 Å². The largest absolute Gasteiger partial charge is 0.322 e. The Morgan fingerprint density at radius 2 is 1.96 bits per heavy atom. The number of sulfonamides is 1. The lowest BCUT2D eigenvalue weighted by atomic mass is 9.66. The van der Waals surface area contributed by atoms with E-state index in [4.69, 9.17) is 11.6 Å². The fraction of sp³-hybridized carbons (Fsp3) is 0.611. The quantitative estimate of drug-likeness (QED) is 0.798. The highest BCUT2D eigenvalue weighted by Gasteiger charge is 2.56. The van der Waals surface area contributed by atoms with Crippen molar-refractivity contribution in [3.05, 3.63) is 23.2 Å². The van der Waals surface area contributed by atoms with Crippen LogP contribution in [0.5, 0.6) is 0 Å². The first-order valence-electron chi connectivity index (χ1n) is 8.96. The number of carbonyl (C=O) groups is 1. The summed E-state index contributed by atoms with van der Waals surface area (Å²) >= 11 is 6.13. The van der Waals surface area contributed by atoms with Gasteiger partial charge in [0.2, 0.25) is 10.0 Å². The molecule has 2 aliphatic rings. The molecule has 0 unspecified atom stereocenters. The molecule has 0 aromatic heterocycles. The Balaban J connectivity index is 1.69. The van der Waals surface area contributed by atoms with Crippen molar-refractivity contribution in [1.29, 1.82) is 0 Å². The van der Waals surface area contributed by atoms with Crippen LogP contribution in [0.2, 0.25) is 5.02 Å². The van der Waals surface area contributed by atoms with E-state index in [1.807, 2.05) is 4.90 Å². The summed E-state index contributed by atoms with van der Waals surface area (Å²) in [6.07, 6.45) is 5.98. The van der Waals surface area contributed by atoms with E-state index in [0.717, 1.165) is 12.8 Å². The molecule has 1 atom stereocenters. The molecule has 1 saturated heterocycles. The van der Waals surface area contributed by atoms with Crippen molar-refractivity contribution >= 4 is 39.0 Å². The summed E-state index contributed by atoms with van der Waals surface area (Å²) in [7, 11) is -3.40. The van der Waals surface area contributed by atoms with Crippen molar-refractivity contribution in [2.75, 3.05) is 22.8 Å². The average Bonchev–Trinajstić information content (AvgIpc) is 2.97. The van der Waals surface area contributed by atoms with Crippen molar-refractivity contribution in [2.45, 2.75) is 45.6 Å². The molecule has 1 aromatic carbocycles. The summed E-state index contributed by atoms with van der Waals surface area (Å²) in [5.41, 5.74) is 1.14. The summed E-state index contributed by atoms with van der Waals surface area (Å²) in [5, 5.41) is 3.13. The normalized spacial score (nSPS) is 21.7. The Morgan fingerprint density at radius 3 is 2.50 bits per heavy atom. The molecule has 1 heterocycles. The van der Waals surface area contributed by atoms with Crippen LogP contribution < -0.4 is 10.0 Å². The van der Waals surface area contributed by atoms with Gasteiger partial charge in [0.05, 0.1) is 17.0 Å². The van der Waals surface area contributed by atoms with E-state index in [0.29, 0.717) is 22.7 Å². The number of halogens is 1. The molecule has 1 aliphatic heterocycles. The number of carbonyl (C=O) groups excluding carboxylic acids is 1. The molecule has 0 radical (unpaired) electrons. The maximum Gasteiger partial charge on any atom is 0.322 e. The molecule has 0 bridgehead atoms.